The lowest BCUT2D eigenvalue weighted by atomic mass is 10.2. The van der Waals surface area contributed by atoms with Gasteiger partial charge in [-0.1, -0.05) is 12.1 Å². The molecule has 0 atom stereocenters. The van der Waals surface area contributed by atoms with E-state index in [0.717, 1.165) is 6.42 Å². The van der Waals surface area contributed by atoms with Crippen molar-refractivity contribution >= 4 is 34.6 Å². The van der Waals surface area contributed by atoms with Gasteiger partial charge in [-0.05, 0) is 36.1 Å². The van der Waals surface area contributed by atoms with Crippen molar-refractivity contribution in [1.29, 1.82) is 0 Å². The summed E-state index contributed by atoms with van der Waals surface area (Å²) >= 11 is 1.64. The summed E-state index contributed by atoms with van der Waals surface area (Å²) in [6, 6.07) is 10.2. The number of carbonyl (C=O) groups excluding carboxylic acids is 2. The molecule has 0 radical (unpaired) electrons. The molecule has 3 amide bonds. The van der Waals surface area contributed by atoms with E-state index in [1.54, 1.807) is 35.6 Å². The number of rotatable bonds is 5. The summed E-state index contributed by atoms with van der Waals surface area (Å²) < 4.78 is 0. The van der Waals surface area contributed by atoms with Gasteiger partial charge >= 0.3 is 6.03 Å². The van der Waals surface area contributed by atoms with E-state index in [4.69, 9.17) is 5.73 Å². The van der Waals surface area contributed by atoms with Crippen LogP contribution in [0.4, 0.5) is 16.2 Å². The van der Waals surface area contributed by atoms with Gasteiger partial charge in [-0.3, -0.25) is 4.79 Å². The average Bonchev–Trinajstić information content (AvgIpc) is 2.89. The average molecular weight is 289 g/mol. The Morgan fingerprint density at radius 1 is 1.10 bits per heavy atom. The second-order valence-electron chi connectivity index (χ2n) is 4.20. The van der Waals surface area contributed by atoms with E-state index in [2.05, 4.69) is 10.6 Å². The number of amides is 3. The molecule has 2 rings (SSSR count). The summed E-state index contributed by atoms with van der Waals surface area (Å²) in [5.74, 6) is -0.0605. The molecule has 1 aromatic heterocycles. The van der Waals surface area contributed by atoms with Crippen LogP contribution in [0.2, 0.25) is 0 Å². The number of benzene rings is 1. The number of hydrogen-bond acceptors (Lipinski definition) is 3. The summed E-state index contributed by atoms with van der Waals surface area (Å²) in [5, 5.41) is 7.25. The summed E-state index contributed by atoms with van der Waals surface area (Å²) in [6.45, 7) is 0. The van der Waals surface area contributed by atoms with E-state index < -0.39 is 6.03 Å². The SMILES string of the molecule is NC(=O)Nc1cccc(NC(=O)CCc2cccs2)c1. The first-order valence-electron chi connectivity index (χ1n) is 6.12. The number of hydrogen-bond donors (Lipinski definition) is 3. The molecule has 0 unspecified atom stereocenters. The van der Waals surface area contributed by atoms with Crippen LogP contribution in [0.5, 0.6) is 0 Å². The molecule has 0 aliphatic heterocycles. The van der Waals surface area contributed by atoms with Crippen molar-refractivity contribution in [3.63, 3.8) is 0 Å². The molecule has 1 heterocycles. The topological polar surface area (TPSA) is 84.2 Å². The first-order chi connectivity index (χ1) is 9.63. The van der Waals surface area contributed by atoms with Crippen molar-refractivity contribution in [2.45, 2.75) is 12.8 Å². The van der Waals surface area contributed by atoms with Crippen LogP contribution in [-0.2, 0) is 11.2 Å². The summed E-state index contributed by atoms with van der Waals surface area (Å²) in [5.41, 5.74) is 6.22. The molecular formula is C14H15N3O2S. The van der Waals surface area contributed by atoms with Gasteiger partial charge in [0.25, 0.3) is 0 Å². The Kier molecular flexibility index (Phi) is 4.73. The molecule has 0 spiro atoms. The Morgan fingerprint density at radius 2 is 1.85 bits per heavy atom. The number of nitrogens with one attached hydrogen (secondary N) is 2. The summed E-state index contributed by atoms with van der Waals surface area (Å²) in [6.07, 6.45) is 1.15. The lowest BCUT2D eigenvalue weighted by Gasteiger charge is -2.07. The van der Waals surface area contributed by atoms with E-state index in [-0.39, 0.29) is 5.91 Å². The largest absolute Gasteiger partial charge is 0.351 e. The minimum absolute atomic E-state index is 0.0605. The predicted octanol–water partition coefficient (Wildman–Crippen LogP) is 2.81. The molecule has 0 bridgehead atoms. The maximum atomic E-state index is 11.8. The zero-order valence-electron chi connectivity index (χ0n) is 10.8. The molecule has 0 aliphatic rings. The van der Waals surface area contributed by atoms with E-state index in [9.17, 15) is 9.59 Å². The molecule has 0 aliphatic carbocycles. The van der Waals surface area contributed by atoms with Gasteiger partial charge in [0.2, 0.25) is 5.91 Å². The van der Waals surface area contributed by atoms with Crippen LogP contribution in [0.1, 0.15) is 11.3 Å². The number of anilines is 2. The Balaban J connectivity index is 1.88. The van der Waals surface area contributed by atoms with E-state index in [1.807, 2.05) is 17.5 Å². The highest BCUT2D eigenvalue weighted by Gasteiger charge is 2.05. The van der Waals surface area contributed by atoms with Gasteiger partial charge in [-0.15, -0.1) is 11.3 Å². The van der Waals surface area contributed by atoms with Crippen LogP contribution in [0.25, 0.3) is 0 Å². The van der Waals surface area contributed by atoms with Crippen molar-refractivity contribution in [3.05, 3.63) is 46.7 Å². The number of nitrogens with two attached hydrogens (primary N) is 1. The zero-order chi connectivity index (χ0) is 14.4. The number of primary amides is 1. The van der Waals surface area contributed by atoms with Crippen LogP contribution < -0.4 is 16.4 Å². The Morgan fingerprint density at radius 3 is 2.50 bits per heavy atom. The van der Waals surface area contributed by atoms with Crippen LogP contribution in [0.3, 0.4) is 0 Å². The molecule has 4 N–H and O–H groups in total. The second-order valence-corrected chi connectivity index (χ2v) is 5.23. The standard InChI is InChI=1S/C14H15N3O2S/c15-14(19)17-11-4-1-3-10(9-11)16-13(18)7-6-12-5-2-8-20-12/h1-5,8-9H,6-7H2,(H,16,18)(H3,15,17,19). The number of thiophene rings is 1. The van der Waals surface area contributed by atoms with Gasteiger partial charge in [-0.2, -0.15) is 0 Å². The fourth-order valence-electron chi connectivity index (χ4n) is 1.73. The number of aryl methyl sites for hydroxylation is 1. The first kappa shape index (κ1) is 14.1. The predicted molar refractivity (Wildman–Crippen MR) is 80.9 cm³/mol. The quantitative estimate of drug-likeness (QED) is 0.790. The highest BCUT2D eigenvalue weighted by atomic mass is 32.1. The maximum Gasteiger partial charge on any atom is 0.316 e. The molecule has 0 saturated heterocycles. The molecule has 1 aromatic carbocycles. The smallest absolute Gasteiger partial charge is 0.316 e. The van der Waals surface area contributed by atoms with Gasteiger partial charge in [0.1, 0.15) is 0 Å². The van der Waals surface area contributed by atoms with Gasteiger partial charge in [-0.25, -0.2) is 4.79 Å². The minimum Gasteiger partial charge on any atom is -0.351 e. The van der Waals surface area contributed by atoms with E-state index >= 15 is 0 Å². The van der Waals surface area contributed by atoms with Crippen molar-refractivity contribution in [1.82, 2.24) is 0 Å². The molecule has 0 saturated carbocycles. The lowest BCUT2D eigenvalue weighted by Crippen LogP contribution is -2.19. The second kappa shape index (κ2) is 6.72. The third-order valence-corrected chi connectivity index (χ3v) is 3.53. The Bertz CT molecular complexity index is 596. The molecule has 6 heteroatoms. The van der Waals surface area contributed by atoms with Gasteiger partial charge < -0.3 is 16.4 Å². The Hall–Kier alpha value is -2.34. The molecule has 2 aromatic rings. The summed E-state index contributed by atoms with van der Waals surface area (Å²) in [7, 11) is 0. The minimum atomic E-state index is -0.633. The normalized spacial score (nSPS) is 10.0. The van der Waals surface area contributed by atoms with E-state index in [0.29, 0.717) is 17.8 Å². The highest BCUT2D eigenvalue weighted by Crippen LogP contribution is 2.16. The third-order valence-electron chi connectivity index (χ3n) is 2.59. The van der Waals surface area contributed by atoms with Crippen molar-refractivity contribution < 1.29 is 9.59 Å². The number of carbonyl (C=O) groups is 2. The van der Waals surface area contributed by atoms with Gasteiger partial charge in [0.15, 0.2) is 0 Å². The van der Waals surface area contributed by atoms with Crippen LogP contribution in [0.15, 0.2) is 41.8 Å². The van der Waals surface area contributed by atoms with Crippen molar-refractivity contribution in [2.24, 2.45) is 5.73 Å². The van der Waals surface area contributed by atoms with Crippen molar-refractivity contribution in [3.8, 4) is 0 Å². The molecule has 0 fully saturated rings. The van der Waals surface area contributed by atoms with E-state index in [1.165, 1.54) is 4.88 Å². The van der Waals surface area contributed by atoms with Crippen LogP contribution >= 0.6 is 11.3 Å². The molecule has 20 heavy (non-hydrogen) atoms. The van der Waals surface area contributed by atoms with Gasteiger partial charge in [0, 0.05) is 22.7 Å². The third kappa shape index (κ3) is 4.40. The molecule has 104 valence electrons. The van der Waals surface area contributed by atoms with Crippen molar-refractivity contribution in [2.75, 3.05) is 10.6 Å². The summed E-state index contributed by atoms with van der Waals surface area (Å²) in [4.78, 5) is 23.8. The Labute approximate surface area is 120 Å². The zero-order valence-corrected chi connectivity index (χ0v) is 11.6. The molecular weight excluding hydrogens is 274 g/mol. The van der Waals surface area contributed by atoms with Crippen LogP contribution in [-0.4, -0.2) is 11.9 Å². The lowest BCUT2D eigenvalue weighted by molar-refractivity contribution is -0.116. The highest BCUT2D eigenvalue weighted by molar-refractivity contribution is 7.09. The number of urea groups is 1. The monoisotopic (exact) mass is 289 g/mol. The fourth-order valence-corrected chi connectivity index (χ4v) is 2.44. The van der Waals surface area contributed by atoms with Crippen LogP contribution in [0, 0.1) is 0 Å². The maximum absolute atomic E-state index is 11.8. The van der Waals surface area contributed by atoms with Gasteiger partial charge in [0.05, 0.1) is 0 Å². The first-order valence-corrected chi connectivity index (χ1v) is 7.00. The molecule has 5 nitrogen and oxygen atoms in total. The fraction of sp³-hybridized carbons (Fsp3) is 0.143.